The largest absolute Gasteiger partial charge is 0.372 e. The molecular weight excluding hydrogens is 288 g/mol. The zero-order valence-corrected chi connectivity index (χ0v) is 14.2. The van der Waals surface area contributed by atoms with Crippen LogP contribution in [-0.2, 0) is 4.74 Å². The van der Waals surface area contributed by atoms with Crippen molar-refractivity contribution in [3.05, 3.63) is 53.3 Å². The molecule has 0 aliphatic carbocycles. The minimum Gasteiger partial charge on any atom is -0.372 e. The molecule has 23 heavy (non-hydrogen) atoms. The Hall–Kier alpha value is -2.07. The van der Waals surface area contributed by atoms with Crippen LogP contribution in [0.25, 0.3) is 5.69 Å². The van der Waals surface area contributed by atoms with Crippen LogP contribution in [0.1, 0.15) is 35.6 Å². The molecule has 0 spiro atoms. The normalized spacial score (nSPS) is 21.5. The topological polar surface area (TPSA) is 34.5 Å². The Bertz CT molecular complexity index is 673. The second-order valence-electron chi connectivity index (χ2n) is 6.47. The first-order valence-corrected chi connectivity index (χ1v) is 8.16. The second kappa shape index (κ2) is 6.20. The van der Waals surface area contributed by atoms with Gasteiger partial charge in [0.1, 0.15) is 0 Å². The molecule has 1 aromatic heterocycles. The van der Waals surface area contributed by atoms with Crippen molar-refractivity contribution in [1.29, 1.82) is 0 Å². The van der Waals surface area contributed by atoms with Gasteiger partial charge in [0.2, 0.25) is 0 Å². The highest BCUT2D eigenvalue weighted by atomic mass is 16.5. The van der Waals surface area contributed by atoms with E-state index in [1.807, 2.05) is 43.0 Å². The number of morpholine rings is 1. The summed E-state index contributed by atoms with van der Waals surface area (Å²) in [7, 11) is 0. The minimum atomic E-state index is 0.0829. The summed E-state index contributed by atoms with van der Waals surface area (Å²) in [5.74, 6) is 0.0829. The van der Waals surface area contributed by atoms with Gasteiger partial charge in [0.05, 0.1) is 12.2 Å². The molecule has 1 aromatic carbocycles. The fourth-order valence-corrected chi connectivity index (χ4v) is 3.36. The van der Waals surface area contributed by atoms with E-state index in [-0.39, 0.29) is 18.1 Å². The van der Waals surface area contributed by atoms with Gasteiger partial charge in [-0.15, -0.1) is 0 Å². The third-order valence-corrected chi connectivity index (χ3v) is 4.35. The number of aryl methyl sites for hydroxylation is 2. The summed E-state index contributed by atoms with van der Waals surface area (Å²) >= 11 is 0. The molecule has 0 unspecified atom stereocenters. The molecule has 0 radical (unpaired) electrons. The Morgan fingerprint density at radius 2 is 1.48 bits per heavy atom. The number of benzene rings is 1. The van der Waals surface area contributed by atoms with E-state index in [0.29, 0.717) is 13.1 Å². The maximum absolute atomic E-state index is 12.7. The van der Waals surface area contributed by atoms with Crippen molar-refractivity contribution < 1.29 is 9.53 Å². The van der Waals surface area contributed by atoms with Gasteiger partial charge in [-0.05, 0) is 64.1 Å². The van der Waals surface area contributed by atoms with Crippen LogP contribution in [0.2, 0.25) is 0 Å². The Kier molecular flexibility index (Phi) is 4.26. The van der Waals surface area contributed by atoms with Crippen molar-refractivity contribution in [3.63, 3.8) is 0 Å². The number of ether oxygens (including phenoxy) is 1. The number of rotatable bonds is 2. The lowest BCUT2D eigenvalue weighted by atomic mass is 10.1. The average Bonchev–Trinajstić information content (AvgIpc) is 2.85. The Labute approximate surface area is 137 Å². The molecule has 2 atom stereocenters. The van der Waals surface area contributed by atoms with Gasteiger partial charge in [-0.2, -0.15) is 0 Å². The third-order valence-electron chi connectivity index (χ3n) is 4.35. The summed E-state index contributed by atoms with van der Waals surface area (Å²) in [5, 5.41) is 0. The van der Waals surface area contributed by atoms with E-state index in [0.717, 1.165) is 11.3 Å². The van der Waals surface area contributed by atoms with Gasteiger partial charge in [0.25, 0.3) is 5.91 Å². The van der Waals surface area contributed by atoms with Crippen LogP contribution < -0.4 is 0 Å². The van der Waals surface area contributed by atoms with Crippen molar-refractivity contribution in [2.45, 2.75) is 39.9 Å². The fraction of sp³-hybridized carbons (Fsp3) is 0.421. The summed E-state index contributed by atoms with van der Waals surface area (Å²) in [6.07, 6.45) is 0.180. The molecule has 3 rings (SSSR count). The van der Waals surface area contributed by atoms with E-state index in [9.17, 15) is 4.79 Å². The number of amides is 1. The zero-order valence-electron chi connectivity index (χ0n) is 14.2. The van der Waals surface area contributed by atoms with Crippen LogP contribution >= 0.6 is 0 Å². The lowest BCUT2D eigenvalue weighted by Gasteiger charge is -2.35. The molecule has 1 fully saturated rings. The van der Waals surface area contributed by atoms with Gasteiger partial charge in [0, 0.05) is 35.7 Å². The van der Waals surface area contributed by atoms with Crippen molar-refractivity contribution in [3.8, 4) is 5.69 Å². The first-order chi connectivity index (χ1) is 11.0. The van der Waals surface area contributed by atoms with Crippen molar-refractivity contribution >= 4 is 5.91 Å². The number of carbonyl (C=O) groups is 1. The molecule has 1 aliphatic heterocycles. The quantitative estimate of drug-likeness (QED) is 0.852. The van der Waals surface area contributed by atoms with E-state index in [1.165, 1.54) is 11.4 Å². The van der Waals surface area contributed by atoms with Gasteiger partial charge in [-0.1, -0.05) is 0 Å². The monoisotopic (exact) mass is 312 g/mol. The summed E-state index contributed by atoms with van der Waals surface area (Å²) in [4.78, 5) is 14.6. The summed E-state index contributed by atoms with van der Waals surface area (Å²) in [6.45, 7) is 9.50. The van der Waals surface area contributed by atoms with Crippen LogP contribution in [0.4, 0.5) is 0 Å². The van der Waals surface area contributed by atoms with Crippen molar-refractivity contribution in [1.82, 2.24) is 9.47 Å². The molecule has 4 heteroatoms. The second-order valence-corrected chi connectivity index (χ2v) is 6.47. The van der Waals surface area contributed by atoms with Crippen molar-refractivity contribution in [2.24, 2.45) is 0 Å². The standard InChI is InChI=1S/C19H24N2O2/c1-13-5-6-14(2)21(13)18-9-7-17(8-10-18)19(22)20-11-15(3)23-16(4)12-20/h5-10,15-16H,11-12H2,1-4H3/t15-,16-/m0/s1. The highest BCUT2D eigenvalue weighted by Crippen LogP contribution is 2.19. The van der Waals surface area contributed by atoms with E-state index < -0.39 is 0 Å². The highest BCUT2D eigenvalue weighted by Gasteiger charge is 2.26. The van der Waals surface area contributed by atoms with E-state index in [1.54, 1.807) is 0 Å². The van der Waals surface area contributed by atoms with Crippen LogP contribution in [0.5, 0.6) is 0 Å². The Morgan fingerprint density at radius 3 is 2.00 bits per heavy atom. The molecule has 0 bridgehead atoms. The third kappa shape index (κ3) is 3.17. The van der Waals surface area contributed by atoms with Crippen LogP contribution in [-0.4, -0.2) is 40.7 Å². The molecule has 2 heterocycles. The molecule has 0 saturated carbocycles. The fourth-order valence-electron chi connectivity index (χ4n) is 3.36. The lowest BCUT2D eigenvalue weighted by Crippen LogP contribution is -2.48. The molecule has 4 nitrogen and oxygen atoms in total. The summed E-state index contributed by atoms with van der Waals surface area (Å²) < 4.78 is 7.89. The highest BCUT2D eigenvalue weighted by molar-refractivity contribution is 5.94. The molecule has 1 saturated heterocycles. The maximum atomic E-state index is 12.7. The molecule has 0 N–H and O–H groups in total. The number of aromatic nitrogens is 1. The van der Waals surface area contributed by atoms with E-state index in [2.05, 4.69) is 30.5 Å². The molecule has 122 valence electrons. The first-order valence-electron chi connectivity index (χ1n) is 8.16. The van der Waals surface area contributed by atoms with E-state index in [4.69, 9.17) is 4.74 Å². The molecular formula is C19H24N2O2. The van der Waals surface area contributed by atoms with Gasteiger partial charge < -0.3 is 14.2 Å². The van der Waals surface area contributed by atoms with Crippen LogP contribution in [0, 0.1) is 13.8 Å². The van der Waals surface area contributed by atoms with Crippen molar-refractivity contribution in [2.75, 3.05) is 13.1 Å². The SMILES string of the molecule is Cc1ccc(C)n1-c1ccc(C(=O)N2C[C@H](C)O[C@@H](C)C2)cc1. The summed E-state index contributed by atoms with van der Waals surface area (Å²) in [6, 6.07) is 12.1. The summed E-state index contributed by atoms with van der Waals surface area (Å²) in [5.41, 5.74) is 4.21. The first kappa shape index (κ1) is 15.8. The number of carbonyl (C=O) groups excluding carboxylic acids is 1. The average molecular weight is 312 g/mol. The van der Waals surface area contributed by atoms with Gasteiger partial charge in [-0.25, -0.2) is 0 Å². The van der Waals surface area contributed by atoms with Gasteiger partial charge in [0.15, 0.2) is 0 Å². The minimum absolute atomic E-state index is 0.0829. The number of hydrogen-bond acceptors (Lipinski definition) is 2. The lowest BCUT2D eigenvalue weighted by molar-refractivity contribution is -0.0586. The van der Waals surface area contributed by atoms with Gasteiger partial charge >= 0.3 is 0 Å². The number of nitrogens with zero attached hydrogens (tertiary/aromatic N) is 2. The smallest absolute Gasteiger partial charge is 0.254 e. The van der Waals surface area contributed by atoms with E-state index >= 15 is 0 Å². The molecule has 1 amide bonds. The van der Waals surface area contributed by atoms with Crippen LogP contribution in [0.15, 0.2) is 36.4 Å². The number of hydrogen-bond donors (Lipinski definition) is 0. The zero-order chi connectivity index (χ0) is 16.6. The molecule has 1 aliphatic rings. The van der Waals surface area contributed by atoms with Crippen LogP contribution in [0.3, 0.4) is 0 Å². The maximum Gasteiger partial charge on any atom is 0.254 e. The predicted octanol–water partition coefficient (Wildman–Crippen LogP) is 3.34. The Morgan fingerprint density at radius 1 is 0.957 bits per heavy atom. The van der Waals surface area contributed by atoms with Gasteiger partial charge in [-0.3, -0.25) is 4.79 Å². The predicted molar refractivity (Wildman–Crippen MR) is 91.2 cm³/mol. The molecule has 2 aromatic rings. The Balaban J connectivity index is 1.81.